The Morgan fingerprint density at radius 2 is 2.00 bits per heavy atom. The van der Waals surface area contributed by atoms with Crippen molar-refractivity contribution >= 4 is 0 Å². The topological polar surface area (TPSA) is 27.7 Å². The molecule has 0 saturated carbocycles. The van der Waals surface area contributed by atoms with Crippen LogP contribution in [0.3, 0.4) is 0 Å². The van der Waals surface area contributed by atoms with E-state index in [1.165, 1.54) is 58.3 Å². The molecule has 3 atom stereocenters. The number of rotatable bonds is 4. The van der Waals surface area contributed by atoms with E-state index in [4.69, 9.17) is 4.74 Å². The van der Waals surface area contributed by atoms with Gasteiger partial charge in [0.15, 0.2) is 0 Å². The Hall–Kier alpha value is -0.160. The van der Waals surface area contributed by atoms with Crippen LogP contribution in [0.2, 0.25) is 0 Å². The zero-order valence-corrected chi connectivity index (χ0v) is 13.0. The van der Waals surface area contributed by atoms with Crippen molar-refractivity contribution in [2.24, 2.45) is 0 Å². The minimum absolute atomic E-state index is 0.597. The number of fused-ring (bicyclic) bond motifs is 1. The number of nitrogens with one attached hydrogen (secondary N) is 1. The smallest absolute Gasteiger partial charge is 0.0637 e. The van der Waals surface area contributed by atoms with Crippen LogP contribution >= 0.6 is 0 Å². The highest BCUT2D eigenvalue weighted by Gasteiger charge is 2.36. The van der Waals surface area contributed by atoms with Crippen molar-refractivity contribution in [3.8, 4) is 0 Å². The zero-order valence-electron chi connectivity index (χ0n) is 13.0. The molecule has 0 aromatic rings. The average molecular weight is 281 g/mol. The Kier molecular flexibility index (Phi) is 5.32. The molecule has 3 unspecified atom stereocenters. The number of piperidine rings is 1. The lowest BCUT2D eigenvalue weighted by Gasteiger charge is -2.49. The van der Waals surface area contributed by atoms with Gasteiger partial charge in [-0.3, -0.25) is 9.80 Å². The third-order valence-electron chi connectivity index (χ3n) is 5.32. The largest absolute Gasteiger partial charge is 0.380 e. The van der Waals surface area contributed by atoms with E-state index in [-0.39, 0.29) is 0 Å². The lowest BCUT2D eigenvalue weighted by molar-refractivity contribution is -0.0402. The Balaban J connectivity index is 1.58. The fourth-order valence-corrected chi connectivity index (χ4v) is 4.13. The molecule has 0 spiro atoms. The van der Waals surface area contributed by atoms with Crippen LogP contribution in [0.1, 0.15) is 39.0 Å². The quantitative estimate of drug-likeness (QED) is 0.841. The molecule has 0 amide bonds. The third kappa shape index (κ3) is 3.35. The van der Waals surface area contributed by atoms with Crippen LogP contribution in [-0.2, 0) is 4.74 Å². The molecule has 1 N–H and O–H groups in total. The summed E-state index contributed by atoms with van der Waals surface area (Å²) in [7, 11) is 0. The second-order valence-corrected chi connectivity index (χ2v) is 6.67. The molecular formula is C16H31N3O. The van der Waals surface area contributed by atoms with Crippen molar-refractivity contribution in [3.05, 3.63) is 0 Å². The van der Waals surface area contributed by atoms with Crippen LogP contribution in [0, 0.1) is 0 Å². The lowest BCUT2D eigenvalue weighted by atomic mass is 9.95. The fourth-order valence-electron chi connectivity index (χ4n) is 4.13. The summed E-state index contributed by atoms with van der Waals surface area (Å²) in [5.41, 5.74) is 0. The van der Waals surface area contributed by atoms with Crippen molar-refractivity contribution in [1.29, 1.82) is 0 Å². The van der Waals surface area contributed by atoms with E-state index < -0.39 is 0 Å². The molecule has 3 fully saturated rings. The monoisotopic (exact) mass is 281 g/mol. The van der Waals surface area contributed by atoms with Gasteiger partial charge >= 0.3 is 0 Å². The van der Waals surface area contributed by atoms with Crippen molar-refractivity contribution in [2.75, 3.05) is 45.9 Å². The summed E-state index contributed by atoms with van der Waals surface area (Å²) >= 11 is 0. The zero-order chi connectivity index (χ0) is 13.8. The van der Waals surface area contributed by atoms with Crippen molar-refractivity contribution in [1.82, 2.24) is 15.1 Å². The summed E-state index contributed by atoms with van der Waals surface area (Å²) in [4.78, 5) is 5.44. The minimum Gasteiger partial charge on any atom is -0.380 e. The molecule has 4 nitrogen and oxygen atoms in total. The first-order valence-corrected chi connectivity index (χ1v) is 8.67. The molecule has 20 heavy (non-hydrogen) atoms. The van der Waals surface area contributed by atoms with Crippen LogP contribution in [0.15, 0.2) is 0 Å². The highest BCUT2D eigenvalue weighted by Crippen LogP contribution is 2.24. The number of piperazine rings is 1. The van der Waals surface area contributed by atoms with E-state index in [0.717, 1.165) is 25.8 Å². The normalized spacial score (nSPS) is 36.8. The first kappa shape index (κ1) is 14.8. The van der Waals surface area contributed by atoms with Crippen molar-refractivity contribution < 1.29 is 4.74 Å². The van der Waals surface area contributed by atoms with Crippen LogP contribution in [0.25, 0.3) is 0 Å². The molecule has 0 bridgehead atoms. The molecule has 0 aliphatic carbocycles. The van der Waals surface area contributed by atoms with Gasteiger partial charge in [-0.05, 0) is 38.8 Å². The van der Waals surface area contributed by atoms with E-state index in [9.17, 15) is 0 Å². The molecule has 0 aromatic carbocycles. The van der Waals surface area contributed by atoms with Gasteiger partial charge in [0.05, 0.1) is 6.61 Å². The van der Waals surface area contributed by atoms with Gasteiger partial charge in [0.2, 0.25) is 0 Å². The summed E-state index contributed by atoms with van der Waals surface area (Å²) in [6.45, 7) is 10.3. The predicted octanol–water partition coefficient (Wildman–Crippen LogP) is 1.31. The number of ether oxygens (including phenoxy) is 1. The van der Waals surface area contributed by atoms with Gasteiger partial charge in [-0.2, -0.15) is 0 Å². The van der Waals surface area contributed by atoms with Gasteiger partial charge in [-0.25, -0.2) is 0 Å². The van der Waals surface area contributed by atoms with Crippen molar-refractivity contribution in [3.63, 3.8) is 0 Å². The van der Waals surface area contributed by atoms with Crippen LogP contribution in [0.4, 0.5) is 0 Å². The highest BCUT2D eigenvalue weighted by molar-refractivity contribution is 4.93. The molecule has 116 valence electrons. The van der Waals surface area contributed by atoms with Gasteiger partial charge in [0.25, 0.3) is 0 Å². The fraction of sp³-hybridized carbons (Fsp3) is 1.00. The summed E-state index contributed by atoms with van der Waals surface area (Å²) in [5, 5.41) is 3.76. The summed E-state index contributed by atoms with van der Waals surface area (Å²) < 4.78 is 5.79. The van der Waals surface area contributed by atoms with Crippen LogP contribution in [0.5, 0.6) is 0 Å². The number of nitrogens with zero attached hydrogens (tertiary/aromatic N) is 2. The molecule has 3 aliphatic rings. The summed E-state index contributed by atoms with van der Waals surface area (Å²) in [5.74, 6) is 0. The molecule has 0 aromatic heterocycles. The van der Waals surface area contributed by atoms with Gasteiger partial charge in [0, 0.05) is 44.4 Å². The molecule has 3 heterocycles. The molecule has 4 heteroatoms. The first-order valence-electron chi connectivity index (χ1n) is 8.67. The van der Waals surface area contributed by atoms with Gasteiger partial charge in [-0.15, -0.1) is 0 Å². The van der Waals surface area contributed by atoms with E-state index in [0.29, 0.717) is 12.1 Å². The maximum Gasteiger partial charge on any atom is 0.0637 e. The molecule has 0 radical (unpaired) electrons. The summed E-state index contributed by atoms with van der Waals surface area (Å²) in [6, 6.07) is 2.05. The van der Waals surface area contributed by atoms with Crippen LogP contribution in [-0.4, -0.2) is 73.9 Å². The van der Waals surface area contributed by atoms with Crippen LogP contribution < -0.4 is 5.32 Å². The van der Waals surface area contributed by atoms with E-state index >= 15 is 0 Å². The average Bonchev–Trinajstić information content (AvgIpc) is 2.53. The highest BCUT2D eigenvalue weighted by atomic mass is 16.5. The van der Waals surface area contributed by atoms with E-state index in [1.807, 2.05) is 0 Å². The third-order valence-corrected chi connectivity index (χ3v) is 5.32. The molecule has 3 aliphatic heterocycles. The number of hydrogen-bond donors (Lipinski definition) is 1. The summed E-state index contributed by atoms with van der Waals surface area (Å²) in [6.07, 6.45) is 6.63. The van der Waals surface area contributed by atoms with E-state index in [2.05, 4.69) is 22.0 Å². The SMILES string of the molecule is CCCNC1CCOCC1N1CCN2CCCCC2C1. The van der Waals surface area contributed by atoms with Gasteiger partial charge in [-0.1, -0.05) is 13.3 Å². The Bertz CT molecular complexity index is 299. The Labute approximate surface area is 123 Å². The van der Waals surface area contributed by atoms with Gasteiger partial charge < -0.3 is 10.1 Å². The Morgan fingerprint density at radius 3 is 2.90 bits per heavy atom. The standard InChI is InChI=1S/C16H31N3O/c1-2-7-17-15-6-11-20-13-16(15)19-10-9-18-8-4-3-5-14(18)12-19/h14-17H,2-13H2,1H3. The molecule has 3 saturated heterocycles. The second kappa shape index (κ2) is 7.21. The van der Waals surface area contributed by atoms with Crippen molar-refractivity contribution in [2.45, 2.75) is 57.2 Å². The van der Waals surface area contributed by atoms with E-state index in [1.54, 1.807) is 0 Å². The predicted molar refractivity (Wildman–Crippen MR) is 82.1 cm³/mol. The second-order valence-electron chi connectivity index (χ2n) is 6.67. The lowest BCUT2D eigenvalue weighted by Crippen LogP contribution is -2.63. The van der Waals surface area contributed by atoms with Gasteiger partial charge in [0.1, 0.15) is 0 Å². The maximum atomic E-state index is 5.79. The molecule has 3 rings (SSSR count). The maximum absolute atomic E-state index is 5.79. The minimum atomic E-state index is 0.597. The number of hydrogen-bond acceptors (Lipinski definition) is 4. The Morgan fingerprint density at radius 1 is 1.10 bits per heavy atom. The first-order chi connectivity index (χ1) is 9.88. The molecular weight excluding hydrogens is 250 g/mol.